The van der Waals surface area contributed by atoms with Crippen molar-refractivity contribution in [1.29, 1.82) is 0 Å². The van der Waals surface area contributed by atoms with E-state index in [0.29, 0.717) is 31.4 Å². The number of rotatable bonds is 4. The van der Waals surface area contributed by atoms with Gasteiger partial charge in [0.2, 0.25) is 0 Å². The van der Waals surface area contributed by atoms with Gasteiger partial charge in [-0.05, 0) is 37.8 Å². The van der Waals surface area contributed by atoms with Crippen molar-refractivity contribution in [3.8, 4) is 5.75 Å². The molecule has 0 heterocycles. The predicted octanol–water partition coefficient (Wildman–Crippen LogP) is 3.64. The summed E-state index contributed by atoms with van der Waals surface area (Å²) < 4.78 is 40.3. The van der Waals surface area contributed by atoms with Crippen molar-refractivity contribution in [1.82, 2.24) is 0 Å². The Balaban J connectivity index is 1.92. The van der Waals surface area contributed by atoms with Crippen LogP contribution in [0.5, 0.6) is 5.75 Å². The van der Waals surface area contributed by atoms with E-state index >= 15 is 0 Å². The third-order valence-electron chi connectivity index (χ3n) is 3.51. The second kappa shape index (κ2) is 6.24. The van der Waals surface area contributed by atoms with Gasteiger partial charge in [-0.2, -0.15) is 0 Å². The Bertz CT molecular complexity index is 496. The van der Waals surface area contributed by atoms with E-state index in [1.54, 1.807) is 6.07 Å². The van der Waals surface area contributed by atoms with E-state index in [9.17, 15) is 18.0 Å². The van der Waals surface area contributed by atoms with Crippen LogP contribution in [0.25, 0.3) is 0 Å². The first-order valence-electron chi connectivity index (χ1n) is 6.68. The first kappa shape index (κ1) is 15.5. The molecule has 2 rings (SSSR count). The lowest BCUT2D eigenvalue weighted by Gasteiger charge is -2.27. The van der Waals surface area contributed by atoms with Gasteiger partial charge < -0.3 is 15.2 Å². The molecule has 7 heteroatoms. The molecule has 0 unspecified atom stereocenters. The summed E-state index contributed by atoms with van der Waals surface area (Å²) in [5, 5.41) is 12.0. The van der Waals surface area contributed by atoms with Gasteiger partial charge in [-0.25, -0.2) is 0 Å². The molecule has 4 nitrogen and oxygen atoms in total. The lowest BCUT2D eigenvalue weighted by molar-refractivity contribution is -0.274. The summed E-state index contributed by atoms with van der Waals surface area (Å²) in [6.07, 6.45) is -2.20. The van der Waals surface area contributed by atoms with Crippen LogP contribution < -0.4 is 10.1 Å². The summed E-state index contributed by atoms with van der Waals surface area (Å²) in [5.41, 5.74) is 0.538. The fraction of sp³-hybridized carbons (Fsp3) is 0.500. The molecule has 0 bridgehead atoms. The quantitative estimate of drug-likeness (QED) is 0.891. The Kier molecular flexibility index (Phi) is 4.59. The number of halogens is 3. The number of nitrogens with one attached hydrogen (secondary N) is 1. The van der Waals surface area contributed by atoms with E-state index in [-0.39, 0.29) is 17.7 Å². The van der Waals surface area contributed by atoms with Crippen molar-refractivity contribution in [2.45, 2.75) is 38.1 Å². The Labute approximate surface area is 119 Å². The van der Waals surface area contributed by atoms with Gasteiger partial charge in [0.15, 0.2) is 0 Å². The third kappa shape index (κ3) is 4.84. The second-order valence-corrected chi connectivity index (χ2v) is 5.11. The Hall–Kier alpha value is -1.92. The zero-order valence-electron chi connectivity index (χ0n) is 11.2. The molecular weight excluding hydrogens is 287 g/mol. The number of aliphatic carboxylic acids is 1. The standard InChI is InChI=1S/C14H16F3NO3/c15-14(16,17)21-12-3-1-2-11(8-12)18-10-6-4-9(5-7-10)13(19)20/h1-3,8-10,18H,4-7H2,(H,19,20). The molecule has 1 aromatic carbocycles. The molecule has 1 fully saturated rings. The van der Waals surface area contributed by atoms with Crippen molar-refractivity contribution in [3.05, 3.63) is 24.3 Å². The van der Waals surface area contributed by atoms with Crippen LogP contribution in [0.1, 0.15) is 25.7 Å². The van der Waals surface area contributed by atoms with E-state index in [4.69, 9.17) is 5.11 Å². The second-order valence-electron chi connectivity index (χ2n) is 5.11. The fourth-order valence-corrected chi connectivity index (χ4v) is 2.50. The van der Waals surface area contributed by atoms with Gasteiger partial charge in [0.1, 0.15) is 5.75 Å². The lowest BCUT2D eigenvalue weighted by Crippen LogP contribution is -2.29. The molecule has 1 saturated carbocycles. The largest absolute Gasteiger partial charge is 0.573 e. The number of carboxylic acids is 1. The SMILES string of the molecule is O=C(O)C1CCC(Nc2cccc(OC(F)(F)F)c2)CC1. The molecule has 0 aromatic heterocycles. The van der Waals surface area contributed by atoms with Crippen LogP contribution in [-0.2, 0) is 4.79 Å². The minimum absolute atomic E-state index is 0.0711. The smallest absolute Gasteiger partial charge is 0.481 e. The van der Waals surface area contributed by atoms with Gasteiger partial charge in [0.05, 0.1) is 5.92 Å². The molecule has 21 heavy (non-hydrogen) atoms. The number of ether oxygens (including phenoxy) is 1. The number of benzene rings is 1. The van der Waals surface area contributed by atoms with Crippen molar-refractivity contribution in [2.75, 3.05) is 5.32 Å². The first-order chi connectivity index (χ1) is 9.83. The van der Waals surface area contributed by atoms with Crippen molar-refractivity contribution in [3.63, 3.8) is 0 Å². The minimum Gasteiger partial charge on any atom is -0.481 e. The lowest BCUT2D eigenvalue weighted by atomic mass is 9.86. The number of carbonyl (C=O) groups is 1. The summed E-state index contributed by atoms with van der Waals surface area (Å²) >= 11 is 0. The van der Waals surface area contributed by atoms with Crippen molar-refractivity contribution in [2.24, 2.45) is 5.92 Å². The molecule has 0 saturated heterocycles. The average Bonchev–Trinajstić information content (AvgIpc) is 2.37. The molecular formula is C14H16F3NO3. The van der Waals surface area contributed by atoms with Gasteiger partial charge in [-0.15, -0.1) is 13.2 Å². The number of hydrogen-bond acceptors (Lipinski definition) is 3. The summed E-state index contributed by atoms with van der Waals surface area (Å²) in [4.78, 5) is 10.9. The monoisotopic (exact) mass is 303 g/mol. The van der Waals surface area contributed by atoms with Gasteiger partial charge in [-0.3, -0.25) is 4.79 Å². The third-order valence-corrected chi connectivity index (χ3v) is 3.51. The molecule has 2 N–H and O–H groups in total. The highest BCUT2D eigenvalue weighted by Crippen LogP contribution is 2.29. The zero-order chi connectivity index (χ0) is 15.5. The van der Waals surface area contributed by atoms with Crippen molar-refractivity contribution >= 4 is 11.7 Å². The normalized spacial score (nSPS) is 22.6. The highest BCUT2D eigenvalue weighted by Gasteiger charge is 2.31. The Morgan fingerprint density at radius 3 is 2.48 bits per heavy atom. The summed E-state index contributed by atoms with van der Waals surface area (Å²) in [7, 11) is 0. The number of hydrogen-bond donors (Lipinski definition) is 2. The van der Waals surface area contributed by atoms with E-state index < -0.39 is 12.3 Å². The zero-order valence-corrected chi connectivity index (χ0v) is 11.2. The van der Waals surface area contributed by atoms with Gasteiger partial charge in [0, 0.05) is 17.8 Å². The van der Waals surface area contributed by atoms with E-state index in [0.717, 1.165) is 0 Å². The van der Waals surface area contributed by atoms with Gasteiger partial charge in [-0.1, -0.05) is 6.07 Å². The fourth-order valence-electron chi connectivity index (χ4n) is 2.50. The molecule has 0 aliphatic heterocycles. The molecule has 1 aromatic rings. The van der Waals surface area contributed by atoms with Crippen LogP contribution in [-0.4, -0.2) is 23.5 Å². The van der Waals surface area contributed by atoms with Crippen LogP contribution >= 0.6 is 0 Å². The number of anilines is 1. The maximum atomic E-state index is 12.2. The predicted molar refractivity (Wildman–Crippen MR) is 70.1 cm³/mol. The first-order valence-corrected chi connectivity index (χ1v) is 6.68. The molecule has 116 valence electrons. The van der Waals surface area contributed by atoms with Crippen molar-refractivity contribution < 1.29 is 27.8 Å². The molecule has 0 amide bonds. The van der Waals surface area contributed by atoms with Crippen LogP contribution in [0.3, 0.4) is 0 Å². The van der Waals surface area contributed by atoms with Crippen LogP contribution in [0, 0.1) is 5.92 Å². The van der Waals surface area contributed by atoms with E-state index in [1.807, 2.05) is 0 Å². The maximum Gasteiger partial charge on any atom is 0.573 e. The highest BCUT2D eigenvalue weighted by molar-refractivity contribution is 5.70. The van der Waals surface area contributed by atoms with Gasteiger partial charge in [0.25, 0.3) is 0 Å². The molecule has 1 aliphatic rings. The number of alkyl halides is 3. The Morgan fingerprint density at radius 1 is 1.24 bits per heavy atom. The van der Waals surface area contributed by atoms with Gasteiger partial charge >= 0.3 is 12.3 Å². The van der Waals surface area contributed by atoms with Crippen LogP contribution in [0.15, 0.2) is 24.3 Å². The molecule has 0 radical (unpaired) electrons. The Morgan fingerprint density at radius 2 is 1.90 bits per heavy atom. The maximum absolute atomic E-state index is 12.2. The molecule has 0 spiro atoms. The van der Waals surface area contributed by atoms with Crippen LogP contribution in [0.4, 0.5) is 18.9 Å². The van der Waals surface area contributed by atoms with Crippen LogP contribution in [0.2, 0.25) is 0 Å². The molecule has 0 atom stereocenters. The summed E-state index contributed by atoms with van der Waals surface area (Å²) in [5.74, 6) is -1.37. The highest BCUT2D eigenvalue weighted by atomic mass is 19.4. The summed E-state index contributed by atoms with van der Waals surface area (Å²) in [6, 6.07) is 5.73. The topological polar surface area (TPSA) is 58.6 Å². The summed E-state index contributed by atoms with van der Waals surface area (Å²) in [6.45, 7) is 0. The van der Waals surface area contributed by atoms with E-state index in [2.05, 4.69) is 10.1 Å². The number of carboxylic acid groups (broad SMARTS) is 1. The average molecular weight is 303 g/mol. The van der Waals surface area contributed by atoms with E-state index in [1.165, 1.54) is 18.2 Å². The minimum atomic E-state index is -4.71. The molecule has 1 aliphatic carbocycles.